The van der Waals surface area contributed by atoms with Crippen LogP contribution in [-0.2, 0) is 13.2 Å². The summed E-state index contributed by atoms with van der Waals surface area (Å²) >= 11 is 0. The highest BCUT2D eigenvalue weighted by Crippen LogP contribution is 2.24. The maximum Gasteiger partial charge on any atom is 0.154 e. The van der Waals surface area contributed by atoms with Gasteiger partial charge in [0.1, 0.15) is 0 Å². The van der Waals surface area contributed by atoms with Gasteiger partial charge in [-0.3, -0.25) is 4.98 Å². The van der Waals surface area contributed by atoms with Gasteiger partial charge < -0.3 is 10.8 Å². The Kier molecular flexibility index (Phi) is 6.41. The van der Waals surface area contributed by atoms with Gasteiger partial charge in [-0.25, -0.2) is 14.6 Å². The number of aliphatic hydroxyl groups is 1. The Morgan fingerprint density at radius 3 is 2.57 bits per heavy atom. The van der Waals surface area contributed by atoms with Crippen molar-refractivity contribution >= 4 is 10.9 Å². The molecule has 0 aliphatic carbocycles. The number of hydrogen-bond acceptors (Lipinski definition) is 6. The molecule has 0 unspecified atom stereocenters. The van der Waals surface area contributed by atoms with E-state index in [9.17, 15) is 5.11 Å². The molecule has 7 nitrogen and oxygen atoms in total. The van der Waals surface area contributed by atoms with E-state index in [4.69, 9.17) is 5.73 Å². The number of hydrogen-bond donors (Lipinski definition) is 2. The quantitative estimate of drug-likeness (QED) is 0.567. The van der Waals surface area contributed by atoms with Crippen LogP contribution < -0.4 is 5.73 Å². The van der Waals surface area contributed by atoms with Crippen LogP contribution in [0.15, 0.2) is 55.0 Å². The molecule has 144 valence electrons. The molecule has 4 aromatic rings. The molecule has 0 amide bonds. The van der Waals surface area contributed by atoms with Crippen LogP contribution in [0.1, 0.15) is 31.7 Å². The lowest BCUT2D eigenvalue weighted by Gasteiger charge is -2.06. The molecule has 7 heteroatoms. The van der Waals surface area contributed by atoms with E-state index in [0.29, 0.717) is 18.1 Å². The van der Waals surface area contributed by atoms with E-state index in [-0.39, 0.29) is 6.61 Å². The minimum atomic E-state index is -0.111. The highest BCUT2D eigenvalue weighted by molar-refractivity contribution is 5.84. The molecule has 0 fully saturated rings. The second-order valence-corrected chi connectivity index (χ2v) is 6.28. The molecule has 0 aliphatic heterocycles. The second-order valence-electron chi connectivity index (χ2n) is 6.28. The Bertz CT molecular complexity index is 1060. The van der Waals surface area contributed by atoms with Crippen molar-refractivity contribution in [1.29, 1.82) is 0 Å². The van der Waals surface area contributed by atoms with Crippen molar-refractivity contribution in [3.05, 3.63) is 66.4 Å². The molecule has 3 N–H and O–H groups in total. The normalized spacial score (nSPS) is 10.6. The minimum Gasteiger partial charge on any atom is -0.390 e. The maximum absolute atomic E-state index is 9.30. The molecule has 0 bridgehead atoms. The molecule has 0 atom stereocenters. The van der Waals surface area contributed by atoms with Crippen molar-refractivity contribution < 1.29 is 5.11 Å². The van der Waals surface area contributed by atoms with E-state index in [1.165, 1.54) is 6.42 Å². The summed E-state index contributed by atoms with van der Waals surface area (Å²) in [5.41, 5.74) is 9.58. The summed E-state index contributed by atoms with van der Waals surface area (Å²) in [5, 5.41) is 14.7. The van der Waals surface area contributed by atoms with Crippen LogP contribution in [-0.4, -0.2) is 29.8 Å². The number of nitrogens with two attached hydrogens (primary N) is 1. The molecule has 0 spiro atoms. The summed E-state index contributed by atoms with van der Waals surface area (Å²) in [4.78, 5) is 13.1. The average molecular weight is 376 g/mol. The van der Waals surface area contributed by atoms with Crippen molar-refractivity contribution in [2.75, 3.05) is 0 Å². The molecule has 4 rings (SSSR count). The molecule has 3 heterocycles. The molecule has 0 aliphatic rings. The topological polar surface area (TPSA) is 103 Å². The SMILES string of the molecule is CCC.NCc1cncc(-c2ccc3cnn(-c4cccc(CO)n4)c3c2)n1. The van der Waals surface area contributed by atoms with E-state index < -0.39 is 0 Å². The lowest BCUT2D eigenvalue weighted by Crippen LogP contribution is -2.02. The number of fused-ring (bicyclic) bond motifs is 1. The van der Waals surface area contributed by atoms with E-state index in [0.717, 1.165) is 27.9 Å². The van der Waals surface area contributed by atoms with Crippen molar-refractivity contribution in [2.24, 2.45) is 5.73 Å². The summed E-state index contributed by atoms with van der Waals surface area (Å²) in [7, 11) is 0. The number of nitrogens with zero attached hydrogens (tertiary/aromatic N) is 5. The van der Waals surface area contributed by atoms with Gasteiger partial charge in [0.05, 0.1) is 41.6 Å². The van der Waals surface area contributed by atoms with Gasteiger partial charge in [0.15, 0.2) is 5.82 Å². The zero-order valence-electron chi connectivity index (χ0n) is 16.1. The Labute approximate surface area is 163 Å². The summed E-state index contributed by atoms with van der Waals surface area (Å²) in [6.45, 7) is 4.48. The number of benzene rings is 1. The summed E-state index contributed by atoms with van der Waals surface area (Å²) < 4.78 is 1.75. The fraction of sp³-hybridized carbons (Fsp3) is 0.238. The molecule has 1 aromatic carbocycles. The van der Waals surface area contributed by atoms with Crippen LogP contribution in [0.5, 0.6) is 0 Å². The van der Waals surface area contributed by atoms with Gasteiger partial charge in [0.2, 0.25) is 0 Å². The minimum absolute atomic E-state index is 0.111. The molecule has 3 aromatic heterocycles. The van der Waals surface area contributed by atoms with Gasteiger partial charge >= 0.3 is 0 Å². The predicted octanol–water partition coefficient (Wildman–Crippen LogP) is 3.24. The molecular formula is C21H24N6O. The highest BCUT2D eigenvalue weighted by atomic mass is 16.3. The Balaban J connectivity index is 0.000000706. The maximum atomic E-state index is 9.30. The van der Waals surface area contributed by atoms with Gasteiger partial charge in [-0.05, 0) is 18.2 Å². The van der Waals surface area contributed by atoms with E-state index >= 15 is 0 Å². The zero-order chi connectivity index (χ0) is 19.9. The fourth-order valence-electron chi connectivity index (χ4n) is 2.68. The monoisotopic (exact) mass is 376 g/mol. The van der Waals surface area contributed by atoms with Crippen LogP contribution in [0.25, 0.3) is 28.0 Å². The summed E-state index contributed by atoms with van der Waals surface area (Å²) in [6, 6.07) is 11.4. The van der Waals surface area contributed by atoms with E-state index in [1.807, 2.05) is 30.3 Å². The van der Waals surface area contributed by atoms with Crippen molar-refractivity contribution in [2.45, 2.75) is 33.4 Å². The lowest BCUT2D eigenvalue weighted by atomic mass is 10.1. The third-order valence-electron chi connectivity index (χ3n) is 3.93. The van der Waals surface area contributed by atoms with Crippen LogP contribution in [0.4, 0.5) is 0 Å². The summed E-state index contributed by atoms with van der Waals surface area (Å²) in [6.07, 6.45) is 6.41. The van der Waals surface area contributed by atoms with E-state index in [2.05, 4.69) is 33.9 Å². The van der Waals surface area contributed by atoms with Crippen LogP contribution in [0, 0.1) is 0 Å². The largest absolute Gasteiger partial charge is 0.390 e. The first kappa shape index (κ1) is 19.6. The van der Waals surface area contributed by atoms with Gasteiger partial charge in [-0.15, -0.1) is 0 Å². The Morgan fingerprint density at radius 1 is 1.00 bits per heavy atom. The molecular weight excluding hydrogens is 352 g/mol. The molecule has 0 radical (unpaired) electrons. The highest BCUT2D eigenvalue weighted by Gasteiger charge is 2.09. The Hall–Kier alpha value is -3.16. The van der Waals surface area contributed by atoms with Gasteiger partial charge in [0.25, 0.3) is 0 Å². The molecule has 0 saturated carbocycles. The average Bonchev–Trinajstić information content (AvgIpc) is 3.17. The number of aliphatic hydroxyl groups excluding tert-OH is 1. The van der Waals surface area contributed by atoms with Crippen LogP contribution in [0.3, 0.4) is 0 Å². The predicted molar refractivity (Wildman–Crippen MR) is 110 cm³/mol. The first-order valence-electron chi connectivity index (χ1n) is 9.26. The van der Waals surface area contributed by atoms with Gasteiger partial charge in [0, 0.05) is 23.7 Å². The third-order valence-corrected chi connectivity index (χ3v) is 3.93. The number of pyridine rings is 1. The Morgan fingerprint density at radius 2 is 1.82 bits per heavy atom. The first-order chi connectivity index (χ1) is 13.7. The lowest BCUT2D eigenvalue weighted by molar-refractivity contribution is 0.276. The van der Waals surface area contributed by atoms with Gasteiger partial charge in [-0.1, -0.05) is 38.5 Å². The first-order valence-corrected chi connectivity index (χ1v) is 9.26. The number of rotatable bonds is 4. The molecule has 28 heavy (non-hydrogen) atoms. The second kappa shape index (κ2) is 9.16. The zero-order valence-corrected chi connectivity index (χ0v) is 16.1. The smallest absolute Gasteiger partial charge is 0.154 e. The van der Waals surface area contributed by atoms with E-state index in [1.54, 1.807) is 29.3 Å². The molecule has 0 saturated heterocycles. The van der Waals surface area contributed by atoms with Gasteiger partial charge in [-0.2, -0.15) is 5.10 Å². The standard InChI is InChI=1S/C18H16N6O.C3H8/c19-7-15-9-20-10-16(22-15)12-4-5-13-8-21-24(17(13)6-12)18-3-1-2-14(11-25)23-18;1-3-2/h1-6,8-10,25H,7,11,19H2;3H2,1-2H3. The van der Waals surface area contributed by atoms with Crippen LogP contribution >= 0.6 is 0 Å². The third kappa shape index (κ3) is 4.21. The van der Waals surface area contributed by atoms with Crippen LogP contribution in [0.2, 0.25) is 0 Å². The number of aromatic nitrogens is 5. The van der Waals surface area contributed by atoms with Crippen molar-refractivity contribution in [3.63, 3.8) is 0 Å². The summed E-state index contributed by atoms with van der Waals surface area (Å²) in [5.74, 6) is 0.653. The van der Waals surface area contributed by atoms with Crippen molar-refractivity contribution in [1.82, 2.24) is 24.7 Å². The van der Waals surface area contributed by atoms with Crippen molar-refractivity contribution in [3.8, 4) is 17.1 Å². The fourth-order valence-corrected chi connectivity index (χ4v) is 2.68.